The zero-order valence-corrected chi connectivity index (χ0v) is 10.6. The smallest absolute Gasteiger partial charge is 0.240 e. The Morgan fingerprint density at radius 1 is 1.33 bits per heavy atom. The Morgan fingerprint density at radius 2 is 2.00 bits per heavy atom. The molecule has 0 spiro atoms. The lowest BCUT2D eigenvalue weighted by atomic mass is 10.1. The lowest BCUT2D eigenvalue weighted by Crippen LogP contribution is -2.18. The summed E-state index contributed by atoms with van der Waals surface area (Å²) < 4.78 is 25.4. The zero-order valence-electron chi connectivity index (χ0n) is 9.77. The fourth-order valence-electron chi connectivity index (χ4n) is 1.22. The van der Waals surface area contributed by atoms with Crippen LogP contribution in [0.15, 0.2) is 41.3 Å². The van der Waals surface area contributed by atoms with E-state index in [0.29, 0.717) is 5.56 Å². The Balaban J connectivity index is 3.10. The number of amidine groups is 1. The number of rotatable bonds is 5. The van der Waals surface area contributed by atoms with E-state index in [0.717, 1.165) is 0 Å². The van der Waals surface area contributed by atoms with E-state index < -0.39 is 10.0 Å². The highest BCUT2D eigenvalue weighted by Crippen LogP contribution is 2.11. The van der Waals surface area contributed by atoms with Crippen LogP contribution >= 0.6 is 0 Å². The fraction of sp³-hybridized carbons (Fsp3) is 0.0909. The number of nitrogens with one attached hydrogen (secondary N) is 3. The molecular formula is C11H14N4O2S. The van der Waals surface area contributed by atoms with Crippen LogP contribution in [0.1, 0.15) is 5.56 Å². The Hall–Kier alpha value is -1.99. The van der Waals surface area contributed by atoms with Gasteiger partial charge in [0.05, 0.1) is 10.6 Å². The first kappa shape index (κ1) is 14.1. The highest BCUT2D eigenvalue weighted by molar-refractivity contribution is 7.89. The van der Waals surface area contributed by atoms with Gasteiger partial charge in [0, 0.05) is 5.56 Å². The molecule has 0 heterocycles. The van der Waals surface area contributed by atoms with E-state index in [2.05, 4.69) is 4.72 Å². The van der Waals surface area contributed by atoms with E-state index in [4.69, 9.17) is 16.6 Å². The van der Waals surface area contributed by atoms with Gasteiger partial charge in [0.25, 0.3) is 0 Å². The molecule has 1 rings (SSSR count). The first-order valence-corrected chi connectivity index (χ1v) is 6.50. The summed E-state index contributed by atoms with van der Waals surface area (Å²) in [7, 11) is -2.20. The van der Waals surface area contributed by atoms with Gasteiger partial charge in [-0.25, -0.2) is 13.1 Å². The van der Waals surface area contributed by atoms with Gasteiger partial charge in [-0.05, 0) is 31.3 Å². The molecule has 0 saturated carbocycles. The minimum atomic E-state index is -3.52. The molecule has 0 aromatic heterocycles. The maximum Gasteiger partial charge on any atom is 0.240 e. The summed E-state index contributed by atoms with van der Waals surface area (Å²) in [6, 6.07) is 5.99. The molecule has 0 amide bonds. The van der Waals surface area contributed by atoms with Crippen molar-refractivity contribution in [2.24, 2.45) is 5.73 Å². The van der Waals surface area contributed by atoms with Crippen molar-refractivity contribution in [1.82, 2.24) is 4.72 Å². The molecule has 1 aromatic rings. The first-order valence-electron chi connectivity index (χ1n) is 5.01. The molecule has 1 aromatic carbocycles. The maximum absolute atomic E-state index is 11.6. The van der Waals surface area contributed by atoms with Crippen LogP contribution in [0, 0.1) is 10.8 Å². The normalized spacial score (nSPS) is 11.6. The summed E-state index contributed by atoms with van der Waals surface area (Å²) in [5, 5.41) is 14.7. The number of sulfonamides is 1. The fourth-order valence-corrected chi connectivity index (χ4v) is 1.99. The average molecular weight is 266 g/mol. The topological polar surface area (TPSA) is 120 Å². The number of allylic oxidation sites excluding steroid dienone is 1. The van der Waals surface area contributed by atoms with Crippen LogP contribution < -0.4 is 10.5 Å². The summed E-state index contributed by atoms with van der Waals surface area (Å²) in [5.41, 5.74) is 5.65. The summed E-state index contributed by atoms with van der Waals surface area (Å²) in [5.74, 6) is -0.168. The van der Waals surface area contributed by atoms with Crippen LogP contribution in [0.25, 0.3) is 0 Å². The van der Waals surface area contributed by atoms with Gasteiger partial charge in [-0.1, -0.05) is 12.1 Å². The first-order chi connectivity index (χ1) is 8.36. The summed E-state index contributed by atoms with van der Waals surface area (Å²) in [6.45, 7) is 0. The van der Waals surface area contributed by atoms with E-state index >= 15 is 0 Å². The van der Waals surface area contributed by atoms with Crippen molar-refractivity contribution >= 4 is 21.6 Å². The predicted molar refractivity (Wildman–Crippen MR) is 70.6 cm³/mol. The third-order valence-corrected chi connectivity index (χ3v) is 3.57. The van der Waals surface area contributed by atoms with Crippen LogP contribution in [0.2, 0.25) is 0 Å². The van der Waals surface area contributed by atoms with E-state index in [1.165, 1.54) is 31.3 Å². The van der Waals surface area contributed by atoms with Gasteiger partial charge in [-0.15, -0.1) is 0 Å². The minimum Gasteiger partial charge on any atom is -0.384 e. The minimum absolute atomic E-state index is 0.0818. The maximum atomic E-state index is 11.6. The third kappa shape index (κ3) is 3.51. The largest absolute Gasteiger partial charge is 0.384 e. The molecule has 0 saturated heterocycles. The van der Waals surface area contributed by atoms with Crippen LogP contribution in [0.4, 0.5) is 0 Å². The molecule has 0 aliphatic carbocycles. The number of hydrogen-bond acceptors (Lipinski definition) is 4. The van der Waals surface area contributed by atoms with Crippen molar-refractivity contribution in [3.8, 4) is 0 Å². The SMILES string of the molecule is CNS(=O)(=O)c1cccc(C(=N)/C=C\C(=N)N)c1. The van der Waals surface area contributed by atoms with Gasteiger partial charge in [0.1, 0.15) is 5.84 Å². The quantitative estimate of drug-likeness (QED) is 0.457. The molecule has 0 bridgehead atoms. The molecular weight excluding hydrogens is 252 g/mol. The molecule has 6 nitrogen and oxygen atoms in total. The van der Waals surface area contributed by atoms with Crippen LogP contribution in [0.3, 0.4) is 0 Å². The number of nitrogens with two attached hydrogens (primary N) is 1. The molecule has 0 unspecified atom stereocenters. The molecule has 0 atom stereocenters. The molecule has 0 radical (unpaired) electrons. The van der Waals surface area contributed by atoms with Gasteiger partial charge in [-0.3, -0.25) is 5.41 Å². The molecule has 7 heteroatoms. The number of hydrogen-bond donors (Lipinski definition) is 4. The van der Waals surface area contributed by atoms with Gasteiger partial charge < -0.3 is 11.1 Å². The van der Waals surface area contributed by atoms with Crippen molar-refractivity contribution in [1.29, 1.82) is 10.8 Å². The van der Waals surface area contributed by atoms with Crippen LogP contribution in [0.5, 0.6) is 0 Å². The van der Waals surface area contributed by atoms with Crippen LogP contribution in [-0.2, 0) is 10.0 Å². The second-order valence-electron chi connectivity index (χ2n) is 3.44. The van der Waals surface area contributed by atoms with Crippen LogP contribution in [-0.4, -0.2) is 27.0 Å². The van der Waals surface area contributed by atoms with E-state index in [9.17, 15) is 8.42 Å². The van der Waals surface area contributed by atoms with E-state index in [1.54, 1.807) is 12.1 Å². The number of benzene rings is 1. The van der Waals surface area contributed by atoms with Gasteiger partial charge in [0.15, 0.2) is 0 Å². The Labute approximate surface area is 106 Å². The Kier molecular flexibility index (Phi) is 4.35. The lowest BCUT2D eigenvalue weighted by Gasteiger charge is -2.04. The highest BCUT2D eigenvalue weighted by atomic mass is 32.2. The summed E-state index contributed by atoms with van der Waals surface area (Å²) >= 11 is 0. The monoisotopic (exact) mass is 266 g/mol. The molecule has 0 aliphatic heterocycles. The van der Waals surface area contributed by atoms with Crippen molar-refractivity contribution in [3.63, 3.8) is 0 Å². The second kappa shape index (κ2) is 5.56. The van der Waals surface area contributed by atoms with Crippen molar-refractivity contribution in [2.75, 3.05) is 7.05 Å². The van der Waals surface area contributed by atoms with Crippen molar-refractivity contribution in [3.05, 3.63) is 42.0 Å². The lowest BCUT2D eigenvalue weighted by molar-refractivity contribution is 0.588. The van der Waals surface area contributed by atoms with E-state index in [-0.39, 0.29) is 16.4 Å². The van der Waals surface area contributed by atoms with Gasteiger partial charge in [0.2, 0.25) is 10.0 Å². The summed E-state index contributed by atoms with van der Waals surface area (Å²) in [4.78, 5) is 0.0866. The Bertz CT molecular complexity index is 605. The predicted octanol–water partition coefficient (Wildman–Crippen LogP) is 0.455. The van der Waals surface area contributed by atoms with Gasteiger partial charge in [-0.2, -0.15) is 0 Å². The highest BCUT2D eigenvalue weighted by Gasteiger charge is 2.11. The standard InChI is InChI=1S/C11H14N4O2S/c1-15-18(16,17)9-4-2-3-8(7-9)10(12)5-6-11(13)14/h2-7,12,15H,1H3,(H3,13,14)/b6-5-,12-10?. The molecule has 5 N–H and O–H groups in total. The van der Waals surface area contributed by atoms with Crippen molar-refractivity contribution in [2.45, 2.75) is 4.90 Å². The molecule has 0 fully saturated rings. The third-order valence-electron chi connectivity index (χ3n) is 2.15. The Morgan fingerprint density at radius 3 is 2.56 bits per heavy atom. The van der Waals surface area contributed by atoms with Gasteiger partial charge >= 0.3 is 0 Å². The zero-order chi connectivity index (χ0) is 13.8. The molecule has 0 aliphatic rings. The van der Waals surface area contributed by atoms with E-state index in [1.807, 2.05) is 0 Å². The molecule has 18 heavy (non-hydrogen) atoms. The summed E-state index contributed by atoms with van der Waals surface area (Å²) in [6.07, 6.45) is 2.61. The molecule has 96 valence electrons. The van der Waals surface area contributed by atoms with Crippen molar-refractivity contribution < 1.29 is 8.42 Å². The average Bonchev–Trinajstić information content (AvgIpc) is 2.36. The second-order valence-corrected chi connectivity index (χ2v) is 5.32.